The molecule has 12 fully saturated rings. The number of carbonyl (C=O) groups is 3. The number of rotatable bonds is 28. The van der Waals surface area contributed by atoms with E-state index in [-0.39, 0.29) is 50.0 Å². The summed E-state index contributed by atoms with van der Waals surface area (Å²) in [6, 6.07) is 0. The van der Waals surface area contributed by atoms with E-state index in [1.54, 1.807) is 27.7 Å². The lowest BCUT2D eigenvalue weighted by molar-refractivity contribution is -0.381. The molecule has 8 saturated heterocycles. The molecule has 0 aromatic heterocycles. The first-order valence-corrected chi connectivity index (χ1v) is 46.6. The predicted octanol–water partition coefficient (Wildman–Crippen LogP) is -6.04. The van der Waals surface area contributed by atoms with Crippen molar-refractivity contribution in [1.29, 1.82) is 0 Å². The summed E-state index contributed by atoms with van der Waals surface area (Å²) in [5, 5.41) is 260. The highest BCUT2D eigenvalue weighted by Crippen LogP contribution is 2.76. The predicted molar refractivity (Wildman–Crippen MR) is 448 cm³/mol. The number of ether oxygens (including phenoxy) is 18. The number of carbonyl (C=O) groups excluding carboxylic acids is 3. The molecule has 0 amide bonds. The number of esters is 3. The molecule has 13 rings (SSSR count). The van der Waals surface area contributed by atoms with E-state index in [2.05, 4.69) is 13.5 Å². The number of aliphatic hydroxyl groups excluding tert-OH is 23. The fourth-order valence-electron chi connectivity index (χ4n) is 23.3. The van der Waals surface area contributed by atoms with Crippen molar-refractivity contribution in [3.05, 3.63) is 36.0 Å². The minimum atomic E-state index is -2.31. The molecule has 0 bridgehead atoms. The molecular weight excluding hydrogens is 1780 g/mol. The molecule has 51 atom stereocenters. The van der Waals surface area contributed by atoms with Crippen LogP contribution in [0.1, 0.15) is 154 Å². The molecule has 0 aromatic rings. The van der Waals surface area contributed by atoms with Crippen LogP contribution in [0.3, 0.4) is 0 Å². The van der Waals surface area contributed by atoms with Crippen molar-refractivity contribution >= 4 is 17.9 Å². The average molecular weight is 1930 g/mol. The van der Waals surface area contributed by atoms with Gasteiger partial charge < -0.3 is 203 Å². The van der Waals surface area contributed by atoms with Crippen LogP contribution in [-0.2, 0) is 99.6 Å². The highest BCUT2D eigenvalue weighted by molar-refractivity contribution is 5.88. The van der Waals surface area contributed by atoms with Gasteiger partial charge in [0, 0.05) is 22.8 Å². The first-order chi connectivity index (χ1) is 62.8. The second kappa shape index (κ2) is 41.8. The van der Waals surface area contributed by atoms with Crippen LogP contribution in [0.4, 0.5) is 0 Å². The molecule has 0 spiro atoms. The number of hydrogen-bond acceptors (Lipinski definition) is 44. The van der Waals surface area contributed by atoms with Gasteiger partial charge in [-0.15, -0.1) is 6.58 Å². The second-order valence-corrected chi connectivity index (χ2v) is 41.4. The largest absolute Gasteiger partial charge is 0.458 e. The van der Waals surface area contributed by atoms with Crippen molar-refractivity contribution in [3.63, 3.8) is 0 Å². The molecule has 13 aliphatic rings. The van der Waals surface area contributed by atoms with Gasteiger partial charge in [0.2, 0.25) is 6.29 Å². The maximum Gasteiger partial charge on any atom is 0.333 e. The van der Waals surface area contributed by atoms with Crippen LogP contribution in [0, 0.1) is 56.2 Å². The quantitative estimate of drug-likeness (QED) is 0.0114. The van der Waals surface area contributed by atoms with Crippen molar-refractivity contribution in [3.8, 4) is 0 Å². The fraction of sp³-hybridized carbons (Fsp3) is 0.900. The maximum atomic E-state index is 16.9. The van der Waals surface area contributed by atoms with Crippen molar-refractivity contribution in [1.82, 2.24) is 0 Å². The molecular formula is C90H144O44. The van der Waals surface area contributed by atoms with E-state index >= 15 is 9.59 Å². The summed E-state index contributed by atoms with van der Waals surface area (Å²) in [7, 11) is 0. The Kier molecular flexibility index (Phi) is 33.5. The maximum absolute atomic E-state index is 16.9. The Morgan fingerprint density at radius 2 is 1.06 bits per heavy atom. The number of allylic oxidation sites excluding steroid dienone is 3. The van der Waals surface area contributed by atoms with Crippen LogP contribution in [-0.4, -0.2) is 432 Å². The molecule has 8 aliphatic heterocycles. The van der Waals surface area contributed by atoms with E-state index in [1.165, 1.54) is 39.8 Å². The van der Waals surface area contributed by atoms with Crippen LogP contribution in [0.2, 0.25) is 0 Å². The highest BCUT2D eigenvalue weighted by atomic mass is 16.8. The minimum Gasteiger partial charge on any atom is -0.458 e. The summed E-state index contributed by atoms with van der Waals surface area (Å²) < 4.78 is 109. The van der Waals surface area contributed by atoms with Gasteiger partial charge in [0.25, 0.3) is 0 Å². The van der Waals surface area contributed by atoms with Gasteiger partial charge >= 0.3 is 17.9 Å². The Labute approximate surface area is 775 Å². The SMILES string of the molecule is C=CC(C)(CCC=C(C)C(=O)OC1CC2(C(=O)OC3OC(COC4OC(C)C(O)C(O)C4O)C(O)C(O)C3OC3OC(C)C(OC4OCC(O)C(OC5OCC(O)C(O)C5O)C4O)C(O)C3O)C(O)CC3(C)C(=CCC4C5(C)CC(O)C(OC6OC(C)C(O)C(O)C6O)C(C)(CO)C5CCC43C)C2CC1(C)C)OC1OCC(OC(=O)C(C)CC)C(OC2OC(CO)C(O)C(O)C2O)C1O. The summed E-state index contributed by atoms with van der Waals surface area (Å²) in [5.41, 5.74) is -8.17. The van der Waals surface area contributed by atoms with Crippen LogP contribution < -0.4 is 0 Å². The van der Waals surface area contributed by atoms with Gasteiger partial charge in [-0.2, -0.15) is 0 Å². The fourth-order valence-corrected chi connectivity index (χ4v) is 23.3. The lowest BCUT2D eigenvalue weighted by atomic mass is 9.33. The lowest BCUT2D eigenvalue weighted by Gasteiger charge is -2.72. The Bertz CT molecular complexity index is 4040. The lowest BCUT2D eigenvalue weighted by Crippen LogP contribution is -2.71. The molecule has 134 heavy (non-hydrogen) atoms. The van der Waals surface area contributed by atoms with Gasteiger partial charge in [0.15, 0.2) is 56.2 Å². The van der Waals surface area contributed by atoms with E-state index in [4.69, 9.17) is 85.3 Å². The summed E-state index contributed by atoms with van der Waals surface area (Å²) in [4.78, 5) is 45.3. The smallest absolute Gasteiger partial charge is 0.333 e. The zero-order chi connectivity index (χ0) is 98.5. The van der Waals surface area contributed by atoms with Crippen molar-refractivity contribution in [2.75, 3.05) is 39.6 Å². The highest BCUT2D eigenvalue weighted by Gasteiger charge is 2.75. The third kappa shape index (κ3) is 19.9. The van der Waals surface area contributed by atoms with E-state index < -0.39 is 372 Å². The summed E-state index contributed by atoms with van der Waals surface area (Å²) in [6.45, 7) is 22.4. The van der Waals surface area contributed by atoms with Crippen LogP contribution in [0.15, 0.2) is 36.0 Å². The minimum absolute atomic E-state index is 0.00500. The zero-order valence-electron chi connectivity index (χ0n) is 77.6. The number of aliphatic hydroxyl groups is 23. The average Bonchev–Trinajstić information content (AvgIpc) is 0.665. The first kappa shape index (κ1) is 107. The molecule has 44 heteroatoms. The Hall–Kier alpha value is -3.89. The van der Waals surface area contributed by atoms with Gasteiger partial charge in [-0.3, -0.25) is 9.59 Å². The third-order valence-electron chi connectivity index (χ3n) is 32.3. The molecule has 51 unspecified atom stereocenters. The van der Waals surface area contributed by atoms with Gasteiger partial charge in [0.05, 0.1) is 87.8 Å². The topological polar surface area (TPSA) is 683 Å². The Morgan fingerprint density at radius 1 is 0.530 bits per heavy atom. The zero-order valence-corrected chi connectivity index (χ0v) is 77.6. The monoisotopic (exact) mass is 1930 g/mol. The molecule has 5 aliphatic carbocycles. The van der Waals surface area contributed by atoms with E-state index in [0.29, 0.717) is 24.8 Å². The van der Waals surface area contributed by atoms with Crippen molar-refractivity contribution < 1.29 is 217 Å². The van der Waals surface area contributed by atoms with Gasteiger partial charge in [-0.1, -0.05) is 79.2 Å². The van der Waals surface area contributed by atoms with E-state index in [0.717, 1.165) is 0 Å². The van der Waals surface area contributed by atoms with Crippen molar-refractivity contribution in [2.24, 2.45) is 56.2 Å². The number of fused-ring (bicyclic) bond motifs is 7. The number of hydrogen-bond donors (Lipinski definition) is 23. The van der Waals surface area contributed by atoms with Gasteiger partial charge in [-0.05, 0) is 126 Å². The van der Waals surface area contributed by atoms with E-state index in [1.807, 2.05) is 33.8 Å². The summed E-state index contributed by atoms with van der Waals surface area (Å²) >= 11 is 0. The van der Waals surface area contributed by atoms with Gasteiger partial charge in [-0.25, -0.2) is 4.79 Å². The standard InChI is InChI=1S/C90H144O44/c1-15-34(3)73(114)124-46-32-120-78(67(113)70(46)130-81-64(110)58(104)54(100)44(28-91)125-81)134-85(10,16-2)22-17-18-35(4)74(115)127-50-27-90(40(24-84(50,8)9)39-19-20-48-86(11)25-41(93)72(132-80-63(109)57(103)52(98)37(6)122-80)87(12,33-92)47(86)21-23-88(48,13)89(39,14)26-49(90)96)83(116)133-82-71(59(105)55(101)45(126-82)31-119-75-62(108)56(102)51(97)36(5)121-75)131-79-65(111)60(106)68(38(7)123-79)128-77-66(112)69(43(95)30-118-77)129-76-61(107)53(99)42(94)29-117-76/h16,18-19,34,36-38,40-72,75-82,91-113H,2,15,17,20-33H2,1,3-14H3. The van der Waals surface area contributed by atoms with Gasteiger partial charge in [0.1, 0.15) is 158 Å². The van der Waals surface area contributed by atoms with Crippen LogP contribution in [0.5, 0.6) is 0 Å². The molecule has 8 heterocycles. The Morgan fingerprint density at radius 3 is 1.69 bits per heavy atom. The third-order valence-corrected chi connectivity index (χ3v) is 32.3. The second-order valence-electron chi connectivity index (χ2n) is 41.4. The molecule has 44 nitrogen and oxygen atoms in total. The first-order valence-electron chi connectivity index (χ1n) is 46.6. The molecule has 0 aromatic carbocycles. The summed E-state index contributed by atoms with van der Waals surface area (Å²) in [5.74, 6) is -5.36. The van der Waals surface area contributed by atoms with Crippen LogP contribution in [0.25, 0.3) is 0 Å². The van der Waals surface area contributed by atoms with E-state index in [9.17, 15) is 122 Å². The molecule has 768 valence electrons. The van der Waals surface area contributed by atoms with Crippen LogP contribution >= 0.6 is 0 Å². The Balaban J connectivity index is 0.805. The summed E-state index contributed by atoms with van der Waals surface area (Å²) in [6.07, 6.45) is -65.1. The molecule has 0 radical (unpaired) electrons. The molecule has 23 N–H and O–H groups in total. The van der Waals surface area contributed by atoms with Crippen molar-refractivity contribution in [2.45, 2.75) is 412 Å². The normalized spacial score (nSPS) is 51.1. The molecule has 4 saturated carbocycles.